The minimum absolute atomic E-state index is 0.707. The van der Waals surface area contributed by atoms with Crippen LogP contribution in [0.5, 0.6) is 0 Å². The largest absolute Gasteiger partial charge is 0.296 e. The lowest BCUT2D eigenvalue weighted by Crippen LogP contribution is -2.29. The average molecular weight is 284 g/mol. The van der Waals surface area contributed by atoms with Crippen LogP contribution < -0.4 is 0 Å². The normalized spacial score (nSPS) is 19.2. The number of nitrogens with zero attached hydrogens (tertiary/aromatic N) is 4. The van der Waals surface area contributed by atoms with Crippen LogP contribution in [0.1, 0.15) is 36.1 Å². The van der Waals surface area contributed by atoms with Crippen LogP contribution in [-0.2, 0) is 20.0 Å². The van der Waals surface area contributed by atoms with Crippen molar-refractivity contribution in [1.82, 2.24) is 19.7 Å². The topological polar surface area (TPSA) is 34.0 Å². The molecule has 4 heteroatoms. The summed E-state index contributed by atoms with van der Waals surface area (Å²) in [6.45, 7) is 4.32. The monoisotopic (exact) mass is 284 g/mol. The number of rotatable bonds is 5. The smallest absolute Gasteiger partial charge is 0.0534 e. The molecule has 0 aromatic carbocycles. The first-order chi connectivity index (χ1) is 10.2. The fourth-order valence-corrected chi connectivity index (χ4v) is 3.31. The van der Waals surface area contributed by atoms with Crippen molar-refractivity contribution in [3.8, 4) is 0 Å². The lowest BCUT2D eigenvalue weighted by atomic mass is 10.0. The lowest BCUT2D eigenvalue weighted by Gasteiger charge is -2.24. The fourth-order valence-electron chi connectivity index (χ4n) is 3.31. The third kappa shape index (κ3) is 3.70. The maximum Gasteiger partial charge on any atom is 0.0534 e. The van der Waals surface area contributed by atoms with E-state index >= 15 is 0 Å². The Labute approximate surface area is 126 Å². The molecular formula is C17H24N4. The highest BCUT2D eigenvalue weighted by Crippen LogP contribution is 2.23. The molecule has 0 aliphatic carbocycles. The van der Waals surface area contributed by atoms with E-state index in [1.54, 1.807) is 0 Å². The summed E-state index contributed by atoms with van der Waals surface area (Å²) < 4.78 is 1.89. The van der Waals surface area contributed by atoms with Gasteiger partial charge in [-0.2, -0.15) is 5.10 Å². The van der Waals surface area contributed by atoms with Gasteiger partial charge in [-0.15, -0.1) is 0 Å². The van der Waals surface area contributed by atoms with Crippen molar-refractivity contribution in [2.24, 2.45) is 7.05 Å². The zero-order valence-electron chi connectivity index (χ0n) is 13.0. The number of aromatic nitrogens is 3. The molecule has 1 fully saturated rings. The van der Waals surface area contributed by atoms with E-state index in [1.165, 1.54) is 36.9 Å². The van der Waals surface area contributed by atoms with Crippen molar-refractivity contribution in [2.75, 3.05) is 6.54 Å². The molecule has 0 amide bonds. The van der Waals surface area contributed by atoms with Gasteiger partial charge >= 0.3 is 0 Å². The molecule has 1 unspecified atom stereocenters. The third-order valence-electron chi connectivity index (χ3n) is 4.37. The van der Waals surface area contributed by atoms with Crippen LogP contribution in [-0.4, -0.2) is 32.3 Å². The molecule has 0 radical (unpaired) electrons. The lowest BCUT2D eigenvalue weighted by molar-refractivity contribution is 0.234. The highest BCUT2D eigenvalue weighted by atomic mass is 15.2. The van der Waals surface area contributed by atoms with E-state index in [0.29, 0.717) is 6.04 Å². The summed E-state index contributed by atoms with van der Waals surface area (Å²) in [6, 6.07) is 5.06. The molecule has 0 N–H and O–H groups in total. The van der Waals surface area contributed by atoms with Crippen molar-refractivity contribution in [1.29, 1.82) is 0 Å². The molecule has 3 rings (SSSR count). The summed E-state index contributed by atoms with van der Waals surface area (Å²) in [5.74, 6) is 0. The van der Waals surface area contributed by atoms with E-state index < -0.39 is 0 Å². The molecule has 1 aliphatic rings. The number of aryl methyl sites for hydroxylation is 3. The zero-order valence-corrected chi connectivity index (χ0v) is 13.0. The van der Waals surface area contributed by atoms with Crippen LogP contribution in [0.3, 0.4) is 0 Å². The van der Waals surface area contributed by atoms with Crippen LogP contribution in [0.25, 0.3) is 0 Å². The van der Waals surface area contributed by atoms with Gasteiger partial charge in [0.25, 0.3) is 0 Å². The first-order valence-electron chi connectivity index (χ1n) is 7.84. The van der Waals surface area contributed by atoms with Crippen LogP contribution in [0.4, 0.5) is 0 Å². The molecule has 0 bridgehead atoms. The van der Waals surface area contributed by atoms with Gasteiger partial charge in [0.1, 0.15) is 0 Å². The summed E-state index contributed by atoms with van der Waals surface area (Å²) >= 11 is 0. The summed E-state index contributed by atoms with van der Waals surface area (Å²) in [5, 5.41) is 4.27. The maximum absolute atomic E-state index is 4.27. The Hall–Kier alpha value is -1.68. The number of likely N-dealkylation sites (tertiary alicyclic amines) is 1. The van der Waals surface area contributed by atoms with Crippen LogP contribution in [0.15, 0.2) is 30.7 Å². The van der Waals surface area contributed by atoms with Gasteiger partial charge in [0.2, 0.25) is 0 Å². The fraction of sp³-hybridized carbons (Fsp3) is 0.529. The number of hydrogen-bond acceptors (Lipinski definition) is 3. The summed E-state index contributed by atoms with van der Waals surface area (Å²) in [7, 11) is 1.98. The average Bonchev–Trinajstić information content (AvgIpc) is 3.06. The summed E-state index contributed by atoms with van der Waals surface area (Å²) in [6.07, 6.45) is 11.1. The van der Waals surface area contributed by atoms with E-state index in [2.05, 4.69) is 40.2 Å². The molecule has 0 spiro atoms. The second kappa shape index (κ2) is 6.39. The van der Waals surface area contributed by atoms with Crippen molar-refractivity contribution < 1.29 is 0 Å². The molecule has 3 heterocycles. The molecule has 1 aliphatic heterocycles. The van der Waals surface area contributed by atoms with E-state index in [4.69, 9.17) is 0 Å². The van der Waals surface area contributed by atoms with Gasteiger partial charge in [-0.05, 0) is 56.8 Å². The van der Waals surface area contributed by atoms with E-state index in [0.717, 1.165) is 18.7 Å². The first kappa shape index (κ1) is 14.3. The summed E-state index contributed by atoms with van der Waals surface area (Å²) in [5.41, 5.74) is 3.85. The number of hydrogen-bond donors (Lipinski definition) is 0. The maximum atomic E-state index is 4.27. The Morgan fingerprint density at radius 3 is 3.00 bits per heavy atom. The van der Waals surface area contributed by atoms with Crippen molar-refractivity contribution in [2.45, 2.75) is 45.2 Å². The van der Waals surface area contributed by atoms with Gasteiger partial charge in [0.05, 0.1) is 6.20 Å². The van der Waals surface area contributed by atoms with Gasteiger partial charge in [0, 0.05) is 43.3 Å². The van der Waals surface area contributed by atoms with Crippen LogP contribution in [0, 0.1) is 6.92 Å². The molecule has 4 nitrogen and oxygen atoms in total. The Morgan fingerprint density at radius 2 is 2.24 bits per heavy atom. The molecule has 1 atom stereocenters. The standard InChI is InChI=1S/C17H24N4/c1-14-10-15(7-8-18-14)5-6-17-4-3-9-21(17)13-16-11-19-20(2)12-16/h7-8,10-12,17H,3-6,9,13H2,1-2H3. The van der Waals surface area contributed by atoms with Gasteiger partial charge < -0.3 is 0 Å². The van der Waals surface area contributed by atoms with Crippen LogP contribution >= 0.6 is 0 Å². The van der Waals surface area contributed by atoms with Crippen molar-refractivity contribution in [3.63, 3.8) is 0 Å². The second-order valence-corrected chi connectivity index (χ2v) is 6.13. The molecule has 1 saturated heterocycles. The Morgan fingerprint density at radius 1 is 1.33 bits per heavy atom. The quantitative estimate of drug-likeness (QED) is 0.846. The second-order valence-electron chi connectivity index (χ2n) is 6.13. The third-order valence-corrected chi connectivity index (χ3v) is 4.37. The Bertz CT molecular complexity index is 590. The predicted molar refractivity (Wildman–Crippen MR) is 83.9 cm³/mol. The van der Waals surface area contributed by atoms with Crippen LogP contribution in [0.2, 0.25) is 0 Å². The Balaban J connectivity index is 1.56. The highest BCUT2D eigenvalue weighted by Gasteiger charge is 2.24. The Kier molecular flexibility index (Phi) is 4.34. The van der Waals surface area contributed by atoms with Gasteiger partial charge in [-0.25, -0.2) is 0 Å². The van der Waals surface area contributed by atoms with E-state index in [9.17, 15) is 0 Å². The van der Waals surface area contributed by atoms with Gasteiger partial charge in [-0.1, -0.05) is 0 Å². The highest BCUT2D eigenvalue weighted by molar-refractivity contribution is 5.15. The predicted octanol–water partition coefficient (Wildman–Crippen LogP) is 2.72. The van der Waals surface area contributed by atoms with Crippen molar-refractivity contribution >= 4 is 0 Å². The molecule has 112 valence electrons. The molecular weight excluding hydrogens is 260 g/mol. The molecule has 21 heavy (non-hydrogen) atoms. The molecule has 2 aromatic rings. The zero-order chi connectivity index (χ0) is 14.7. The number of pyridine rings is 1. The first-order valence-corrected chi connectivity index (χ1v) is 7.84. The van der Waals surface area contributed by atoms with Crippen molar-refractivity contribution in [3.05, 3.63) is 47.5 Å². The minimum Gasteiger partial charge on any atom is -0.296 e. The van der Waals surface area contributed by atoms with Gasteiger partial charge in [-0.3, -0.25) is 14.6 Å². The molecule has 2 aromatic heterocycles. The van der Waals surface area contributed by atoms with Gasteiger partial charge in [0.15, 0.2) is 0 Å². The SMILES string of the molecule is Cc1cc(CCC2CCCN2Cc2cnn(C)c2)ccn1. The summed E-state index contributed by atoms with van der Waals surface area (Å²) in [4.78, 5) is 6.89. The van der Waals surface area contributed by atoms with E-state index in [1.807, 2.05) is 24.1 Å². The minimum atomic E-state index is 0.707. The van der Waals surface area contributed by atoms with E-state index in [-0.39, 0.29) is 0 Å². The molecule has 0 saturated carbocycles.